The molecular formula is C24H18ClN3O3S2. The number of phenols is 1. The molecule has 6 rings (SSSR count). The van der Waals surface area contributed by atoms with Gasteiger partial charge in [-0.25, -0.2) is 9.97 Å². The third-order valence-electron chi connectivity index (χ3n) is 6.00. The number of hydrogen-bond donors (Lipinski definition) is 1. The summed E-state index contributed by atoms with van der Waals surface area (Å²) >= 11 is 9.11. The van der Waals surface area contributed by atoms with E-state index < -0.39 is 0 Å². The van der Waals surface area contributed by atoms with Crippen LogP contribution in [0.3, 0.4) is 0 Å². The van der Waals surface area contributed by atoms with E-state index in [0.29, 0.717) is 37.8 Å². The molecule has 33 heavy (non-hydrogen) atoms. The van der Waals surface area contributed by atoms with Crippen molar-refractivity contribution >= 4 is 55.0 Å². The third-order valence-corrected chi connectivity index (χ3v) is 8.14. The lowest BCUT2D eigenvalue weighted by Gasteiger charge is -2.15. The second kappa shape index (κ2) is 7.90. The van der Waals surface area contributed by atoms with E-state index in [1.165, 1.54) is 28.2 Å². The summed E-state index contributed by atoms with van der Waals surface area (Å²) in [5.74, 6) is 1.61. The Balaban J connectivity index is 1.68. The van der Waals surface area contributed by atoms with Crippen molar-refractivity contribution in [2.75, 3.05) is 6.26 Å². The smallest absolute Gasteiger partial charge is 0.263 e. The standard InChI is InChI=1S/C24H18ClN3O3S2/c1-32-14-4-5-15(17(8-14)12-2-3-12)22-27-23-19(16-6-7-18(25)20(29)21(16)33-23)24(30)28(22)10-13-9-26-11-31-13/h4-9,11-12,29H,2-3,10H2,1H3. The van der Waals surface area contributed by atoms with Gasteiger partial charge in [0.1, 0.15) is 16.4 Å². The molecule has 2 aromatic carbocycles. The van der Waals surface area contributed by atoms with E-state index in [1.54, 1.807) is 34.7 Å². The molecule has 0 unspecified atom stereocenters. The number of halogens is 1. The Morgan fingerprint density at radius 3 is 2.88 bits per heavy atom. The molecule has 1 saturated carbocycles. The SMILES string of the molecule is CSc1ccc(-c2nc3sc4c(O)c(Cl)ccc4c3c(=O)n2Cc2cnco2)c(C2CC2)c1. The lowest BCUT2D eigenvalue weighted by molar-refractivity contribution is 0.482. The van der Waals surface area contributed by atoms with Gasteiger partial charge in [0.05, 0.1) is 27.9 Å². The van der Waals surface area contributed by atoms with Crippen LogP contribution in [0.5, 0.6) is 5.75 Å². The Hall–Kier alpha value is -2.81. The summed E-state index contributed by atoms with van der Waals surface area (Å²) < 4.78 is 7.68. The summed E-state index contributed by atoms with van der Waals surface area (Å²) in [6, 6.07) is 9.71. The zero-order valence-electron chi connectivity index (χ0n) is 17.5. The minimum absolute atomic E-state index is 0.0251. The minimum atomic E-state index is -0.185. The van der Waals surface area contributed by atoms with Gasteiger partial charge in [0.25, 0.3) is 5.56 Å². The third kappa shape index (κ3) is 3.44. The highest BCUT2D eigenvalue weighted by atomic mass is 35.5. The molecule has 1 N–H and O–H groups in total. The van der Waals surface area contributed by atoms with Crippen LogP contribution in [0.25, 0.3) is 31.7 Å². The van der Waals surface area contributed by atoms with E-state index in [-0.39, 0.29) is 22.9 Å². The highest BCUT2D eigenvalue weighted by Crippen LogP contribution is 2.46. The fourth-order valence-electron chi connectivity index (χ4n) is 4.22. The number of rotatable bonds is 5. The second-order valence-corrected chi connectivity index (χ2v) is 10.4. The highest BCUT2D eigenvalue weighted by Gasteiger charge is 2.29. The molecular weight excluding hydrogens is 478 g/mol. The van der Waals surface area contributed by atoms with Crippen LogP contribution in [0.1, 0.15) is 30.1 Å². The molecule has 1 fully saturated rings. The first kappa shape index (κ1) is 20.8. The van der Waals surface area contributed by atoms with E-state index in [0.717, 1.165) is 18.4 Å². The topological polar surface area (TPSA) is 81.2 Å². The Morgan fingerprint density at radius 1 is 1.30 bits per heavy atom. The molecule has 166 valence electrons. The summed E-state index contributed by atoms with van der Waals surface area (Å²) in [6.07, 6.45) is 7.29. The molecule has 1 aliphatic rings. The van der Waals surface area contributed by atoms with E-state index in [4.69, 9.17) is 21.0 Å². The maximum absolute atomic E-state index is 13.9. The number of thioether (sulfide) groups is 1. The number of benzene rings is 2. The molecule has 6 nitrogen and oxygen atoms in total. The highest BCUT2D eigenvalue weighted by molar-refractivity contribution is 7.98. The molecule has 9 heteroatoms. The maximum Gasteiger partial charge on any atom is 0.263 e. The van der Waals surface area contributed by atoms with Crippen LogP contribution < -0.4 is 5.56 Å². The minimum Gasteiger partial charge on any atom is -0.505 e. The number of nitrogens with zero attached hydrogens (tertiary/aromatic N) is 3. The van der Waals surface area contributed by atoms with Crippen molar-refractivity contribution in [1.29, 1.82) is 0 Å². The molecule has 0 radical (unpaired) electrons. The number of fused-ring (bicyclic) bond motifs is 3. The van der Waals surface area contributed by atoms with Gasteiger partial charge in [0.2, 0.25) is 0 Å². The quantitative estimate of drug-likeness (QED) is 0.289. The van der Waals surface area contributed by atoms with Crippen molar-refractivity contribution in [3.05, 3.63) is 69.6 Å². The largest absolute Gasteiger partial charge is 0.505 e. The Bertz CT molecular complexity index is 1590. The first-order valence-electron chi connectivity index (χ1n) is 10.5. The fraction of sp³-hybridized carbons (Fsp3) is 0.208. The van der Waals surface area contributed by atoms with Crippen LogP contribution in [0.15, 0.2) is 57.0 Å². The van der Waals surface area contributed by atoms with Crippen LogP contribution >= 0.6 is 34.7 Å². The van der Waals surface area contributed by atoms with Gasteiger partial charge in [-0.15, -0.1) is 23.1 Å². The van der Waals surface area contributed by atoms with Gasteiger partial charge >= 0.3 is 0 Å². The lowest BCUT2D eigenvalue weighted by atomic mass is 10.0. The average Bonchev–Trinajstić information content (AvgIpc) is 3.41. The van der Waals surface area contributed by atoms with E-state index in [2.05, 4.69) is 29.4 Å². The molecule has 0 saturated heterocycles. The van der Waals surface area contributed by atoms with Crippen molar-refractivity contribution in [2.24, 2.45) is 0 Å². The Kier molecular flexibility index (Phi) is 4.97. The molecule has 3 heterocycles. The number of thiophene rings is 1. The predicted molar refractivity (Wildman–Crippen MR) is 133 cm³/mol. The van der Waals surface area contributed by atoms with Crippen molar-refractivity contribution < 1.29 is 9.52 Å². The van der Waals surface area contributed by atoms with E-state index in [1.807, 2.05) is 0 Å². The first-order valence-corrected chi connectivity index (χ1v) is 12.9. The number of oxazole rings is 1. The van der Waals surface area contributed by atoms with Gasteiger partial charge < -0.3 is 9.52 Å². The van der Waals surface area contributed by atoms with Gasteiger partial charge in [0, 0.05) is 15.8 Å². The summed E-state index contributed by atoms with van der Waals surface area (Å²) in [4.78, 5) is 24.6. The number of phenolic OH excluding ortho intramolecular Hbond substituents is 1. The van der Waals surface area contributed by atoms with Crippen molar-refractivity contribution in [1.82, 2.24) is 14.5 Å². The van der Waals surface area contributed by atoms with Gasteiger partial charge in [0.15, 0.2) is 12.1 Å². The van der Waals surface area contributed by atoms with Gasteiger partial charge in [-0.2, -0.15) is 0 Å². The van der Waals surface area contributed by atoms with E-state index >= 15 is 0 Å². The second-order valence-electron chi connectivity index (χ2n) is 8.08. The molecule has 3 aromatic heterocycles. The summed E-state index contributed by atoms with van der Waals surface area (Å²) in [6.45, 7) is 0.211. The van der Waals surface area contributed by atoms with Crippen LogP contribution in [-0.4, -0.2) is 25.9 Å². The summed E-state index contributed by atoms with van der Waals surface area (Å²) in [5.41, 5.74) is 1.98. The number of aromatic nitrogens is 3. The monoisotopic (exact) mass is 495 g/mol. The van der Waals surface area contributed by atoms with Crippen LogP contribution in [0.4, 0.5) is 0 Å². The van der Waals surface area contributed by atoms with Crippen LogP contribution in [0.2, 0.25) is 5.02 Å². The first-order chi connectivity index (χ1) is 16.0. The van der Waals surface area contributed by atoms with Gasteiger partial charge in [-0.05, 0) is 54.8 Å². The number of hydrogen-bond acceptors (Lipinski definition) is 7. The summed E-state index contributed by atoms with van der Waals surface area (Å²) in [5, 5.41) is 11.9. The van der Waals surface area contributed by atoms with Crippen LogP contribution in [0, 0.1) is 0 Å². The maximum atomic E-state index is 13.9. The molecule has 0 spiro atoms. The number of aromatic hydroxyl groups is 1. The molecule has 0 aliphatic heterocycles. The lowest BCUT2D eigenvalue weighted by Crippen LogP contribution is -2.24. The molecule has 0 bridgehead atoms. The zero-order chi connectivity index (χ0) is 22.7. The fourth-order valence-corrected chi connectivity index (χ4v) is 5.99. The predicted octanol–water partition coefficient (Wildman–Crippen LogP) is 6.27. The summed E-state index contributed by atoms with van der Waals surface area (Å²) in [7, 11) is 0. The zero-order valence-corrected chi connectivity index (χ0v) is 19.9. The molecule has 0 amide bonds. The van der Waals surface area contributed by atoms with Crippen molar-refractivity contribution in [3.8, 4) is 17.1 Å². The van der Waals surface area contributed by atoms with E-state index in [9.17, 15) is 9.90 Å². The molecule has 0 atom stereocenters. The molecule has 5 aromatic rings. The van der Waals surface area contributed by atoms with Gasteiger partial charge in [-0.3, -0.25) is 9.36 Å². The Morgan fingerprint density at radius 2 is 2.15 bits per heavy atom. The van der Waals surface area contributed by atoms with Crippen LogP contribution in [-0.2, 0) is 6.54 Å². The van der Waals surface area contributed by atoms with Crippen molar-refractivity contribution in [2.45, 2.75) is 30.2 Å². The van der Waals surface area contributed by atoms with Crippen molar-refractivity contribution in [3.63, 3.8) is 0 Å². The normalized spacial score (nSPS) is 13.9. The molecule has 1 aliphatic carbocycles. The van der Waals surface area contributed by atoms with Gasteiger partial charge in [-0.1, -0.05) is 17.7 Å². The average molecular weight is 496 g/mol. The Labute approximate surface area is 201 Å².